The third kappa shape index (κ3) is 2.31. The van der Waals surface area contributed by atoms with Crippen LogP contribution < -0.4 is 9.80 Å². The van der Waals surface area contributed by atoms with Crippen LogP contribution in [0.3, 0.4) is 0 Å². The van der Waals surface area contributed by atoms with Crippen LogP contribution in [0.1, 0.15) is 13.3 Å². The van der Waals surface area contributed by atoms with Crippen molar-refractivity contribution in [1.29, 1.82) is 0 Å². The number of hydrogen-bond donors (Lipinski definition) is 0. The van der Waals surface area contributed by atoms with Crippen molar-refractivity contribution in [2.75, 3.05) is 36.6 Å². The number of rotatable bonds is 3. The van der Waals surface area contributed by atoms with E-state index in [0.29, 0.717) is 43.6 Å². The predicted molar refractivity (Wildman–Crippen MR) is 105 cm³/mol. The molecule has 2 aliphatic heterocycles. The van der Waals surface area contributed by atoms with Gasteiger partial charge in [0.25, 0.3) is 5.91 Å². The molecule has 1 saturated heterocycles. The van der Waals surface area contributed by atoms with Crippen molar-refractivity contribution < 1.29 is 9.53 Å². The summed E-state index contributed by atoms with van der Waals surface area (Å²) in [6.07, 6.45) is 7.63. The number of imidazole rings is 1. The van der Waals surface area contributed by atoms with Gasteiger partial charge in [-0.15, -0.1) is 11.3 Å². The van der Waals surface area contributed by atoms with Crippen molar-refractivity contribution in [3.8, 4) is 16.8 Å². The maximum absolute atomic E-state index is 13.1. The van der Waals surface area contributed by atoms with Gasteiger partial charge in [-0.1, -0.05) is 6.92 Å². The Hall–Kier alpha value is -2.85. The summed E-state index contributed by atoms with van der Waals surface area (Å²) in [7, 11) is 1.77. The van der Waals surface area contributed by atoms with Crippen LogP contribution in [0.25, 0.3) is 16.8 Å². The van der Waals surface area contributed by atoms with E-state index >= 15 is 0 Å². The van der Waals surface area contributed by atoms with Gasteiger partial charge in [0.2, 0.25) is 5.95 Å². The van der Waals surface area contributed by atoms with E-state index in [1.807, 2.05) is 23.1 Å². The fourth-order valence-corrected chi connectivity index (χ4v) is 4.53. The molecular weight excluding hydrogens is 378 g/mol. The highest BCUT2D eigenvalue weighted by Crippen LogP contribution is 2.41. The standard InChI is InChI=1S/C18H19N7O2S/c1-3-18-11-27-8-7-25(18)13-12(23(2)16(18)26)10-21-17(22-13)24-6-4-19-14(24)15-20-5-9-28-15/h4-6,9-10H,3,7-8,11H2,1-2H3/t18-/m0/s1. The van der Waals surface area contributed by atoms with E-state index in [2.05, 4.69) is 19.9 Å². The average molecular weight is 397 g/mol. The molecule has 0 bridgehead atoms. The first-order valence-corrected chi connectivity index (χ1v) is 9.98. The number of anilines is 2. The number of thiazole rings is 1. The number of hydrogen-bond acceptors (Lipinski definition) is 8. The Morgan fingerprint density at radius 3 is 2.96 bits per heavy atom. The van der Waals surface area contributed by atoms with Crippen molar-refractivity contribution in [1.82, 2.24) is 24.5 Å². The quantitative estimate of drug-likeness (QED) is 0.665. The van der Waals surface area contributed by atoms with Crippen molar-refractivity contribution in [3.63, 3.8) is 0 Å². The maximum Gasteiger partial charge on any atom is 0.255 e. The zero-order valence-corrected chi connectivity index (χ0v) is 16.4. The minimum Gasteiger partial charge on any atom is -0.377 e. The lowest BCUT2D eigenvalue weighted by atomic mass is 9.89. The number of amides is 1. The molecule has 3 aromatic rings. The number of aromatic nitrogens is 5. The summed E-state index contributed by atoms with van der Waals surface area (Å²) in [4.78, 5) is 35.0. The Labute approximate surface area is 165 Å². The summed E-state index contributed by atoms with van der Waals surface area (Å²) in [6, 6.07) is 0. The number of nitrogens with zero attached hydrogens (tertiary/aromatic N) is 7. The number of fused-ring (bicyclic) bond motifs is 3. The Bertz CT molecular complexity index is 1030. The van der Waals surface area contributed by atoms with Crippen LogP contribution in [-0.2, 0) is 9.53 Å². The first-order chi connectivity index (χ1) is 13.7. The Morgan fingerprint density at radius 2 is 2.18 bits per heavy atom. The minimum atomic E-state index is -0.724. The molecule has 0 radical (unpaired) electrons. The molecule has 1 atom stereocenters. The van der Waals surface area contributed by atoms with Crippen LogP contribution in [0.2, 0.25) is 0 Å². The summed E-state index contributed by atoms with van der Waals surface area (Å²) in [5.74, 6) is 1.96. The zero-order valence-electron chi connectivity index (χ0n) is 15.6. The smallest absolute Gasteiger partial charge is 0.255 e. The molecule has 28 heavy (non-hydrogen) atoms. The monoisotopic (exact) mass is 397 g/mol. The highest BCUT2D eigenvalue weighted by molar-refractivity contribution is 7.13. The van der Waals surface area contributed by atoms with Gasteiger partial charge in [0.15, 0.2) is 16.6 Å². The Morgan fingerprint density at radius 1 is 1.29 bits per heavy atom. The number of ether oxygens (including phenoxy) is 1. The third-order valence-corrected chi connectivity index (χ3v) is 6.21. The van der Waals surface area contributed by atoms with Crippen molar-refractivity contribution in [2.24, 2.45) is 0 Å². The summed E-state index contributed by atoms with van der Waals surface area (Å²) < 4.78 is 7.51. The lowest BCUT2D eigenvalue weighted by Crippen LogP contribution is -2.68. The lowest BCUT2D eigenvalue weighted by molar-refractivity contribution is -0.128. The highest BCUT2D eigenvalue weighted by Gasteiger charge is 2.52. The van der Waals surface area contributed by atoms with Gasteiger partial charge in [0.1, 0.15) is 11.2 Å². The molecule has 144 valence electrons. The molecule has 5 rings (SSSR count). The summed E-state index contributed by atoms with van der Waals surface area (Å²) >= 11 is 1.51. The van der Waals surface area contributed by atoms with Gasteiger partial charge in [-0.3, -0.25) is 9.36 Å². The van der Waals surface area contributed by atoms with Crippen LogP contribution in [0, 0.1) is 0 Å². The summed E-state index contributed by atoms with van der Waals surface area (Å²) in [5.41, 5.74) is -0.0192. The highest BCUT2D eigenvalue weighted by atomic mass is 32.1. The van der Waals surface area contributed by atoms with Crippen LogP contribution in [0.5, 0.6) is 0 Å². The molecule has 0 aromatic carbocycles. The molecular formula is C18H19N7O2S. The Kier molecular flexibility index (Phi) is 3.91. The second kappa shape index (κ2) is 6.35. The first kappa shape index (κ1) is 17.3. The predicted octanol–water partition coefficient (Wildman–Crippen LogP) is 1.75. The first-order valence-electron chi connectivity index (χ1n) is 9.10. The van der Waals surface area contributed by atoms with Gasteiger partial charge in [0.05, 0.1) is 19.4 Å². The second-order valence-electron chi connectivity index (χ2n) is 6.79. The molecule has 5 heterocycles. The third-order valence-electron chi connectivity index (χ3n) is 5.44. The van der Waals surface area contributed by atoms with E-state index in [9.17, 15) is 4.79 Å². The molecule has 1 fully saturated rings. The van der Waals surface area contributed by atoms with Gasteiger partial charge in [0, 0.05) is 37.6 Å². The number of carbonyl (C=O) groups is 1. The molecule has 0 saturated carbocycles. The van der Waals surface area contributed by atoms with Gasteiger partial charge >= 0.3 is 0 Å². The molecule has 2 aliphatic rings. The second-order valence-corrected chi connectivity index (χ2v) is 7.69. The summed E-state index contributed by atoms with van der Waals surface area (Å²) in [6.45, 7) is 3.55. The van der Waals surface area contributed by atoms with E-state index < -0.39 is 5.54 Å². The van der Waals surface area contributed by atoms with Crippen LogP contribution >= 0.6 is 11.3 Å². The normalized spacial score (nSPS) is 21.6. The fourth-order valence-electron chi connectivity index (χ4n) is 3.91. The largest absolute Gasteiger partial charge is 0.377 e. The number of morpholine rings is 1. The minimum absolute atomic E-state index is 0.0182. The molecule has 9 nitrogen and oxygen atoms in total. The van der Waals surface area contributed by atoms with E-state index in [1.54, 1.807) is 30.5 Å². The van der Waals surface area contributed by atoms with E-state index in [0.717, 1.165) is 10.8 Å². The summed E-state index contributed by atoms with van der Waals surface area (Å²) in [5, 5.41) is 2.71. The molecule has 0 unspecified atom stereocenters. The zero-order chi connectivity index (χ0) is 19.3. The van der Waals surface area contributed by atoms with Crippen LogP contribution in [-0.4, -0.2) is 62.8 Å². The van der Waals surface area contributed by atoms with E-state index in [4.69, 9.17) is 9.72 Å². The van der Waals surface area contributed by atoms with Crippen molar-refractivity contribution in [3.05, 3.63) is 30.2 Å². The number of carbonyl (C=O) groups excluding carboxylic acids is 1. The van der Waals surface area contributed by atoms with Gasteiger partial charge in [-0.05, 0) is 6.42 Å². The van der Waals surface area contributed by atoms with Crippen LogP contribution in [0.15, 0.2) is 30.2 Å². The molecule has 0 aliphatic carbocycles. The van der Waals surface area contributed by atoms with Gasteiger partial charge < -0.3 is 14.5 Å². The van der Waals surface area contributed by atoms with Crippen molar-refractivity contribution in [2.45, 2.75) is 18.9 Å². The molecule has 1 amide bonds. The molecule has 0 spiro atoms. The van der Waals surface area contributed by atoms with E-state index in [-0.39, 0.29) is 5.91 Å². The van der Waals surface area contributed by atoms with Crippen molar-refractivity contribution >= 4 is 28.7 Å². The van der Waals surface area contributed by atoms with Gasteiger partial charge in [-0.25, -0.2) is 15.0 Å². The fraction of sp³-hybridized carbons (Fsp3) is 0.389. The topological polar surface area (TPSA) is 89.3 Å². The molecule has 0 N–H and O–H groups in total. The Balaban J connectivity index is 1.65. The lowest BCUT2D eigenvalue weighted by Gasteiger charge is -2.51. The maximum atomic E-state index is 13.1. The number of likely N-dealkylation sites (N-methyl/N-ethyl adjacent to an activating group) is 1. The average Bonchev–Trinajstić information content (AvgIpc) is 3.43. The molecule has 10 heteroatoms. The van der Waals surface area contributed by atoms with Crippen LogP contribution in [0.4, 0.5) is 11.5 Å². The SMILES string of the molecule is CC[C@@]12COCCN1c1nc(-n3ccnc3-c3nccs3)ncc1N(C)C2=O. The van der Waals surface area contributed by atoms with E-state index in [1.165, 1.54) is 11.3 Å². The van der Waals surface area contributed by atoms with Gasteiger partial charge in [-0.2, -0.15) is 4.98 Å². The molecule has 3 aromatic heterocycles.